The van der Waals surface area contributed by atoms with Crippen LogP contribution in [-0.4, -0.2) is 9.38 Å². The van der Waals surface area contributed by atoms with Gasteiger partial charge in [0, 0.05) is 11.9 Å². The Morgan fingerprint density at radius 3 is 2.64 bits per heavy atom. The van der Waals surface area contributed by atoms with E-state index < -0.39 is 0 Å². The third-order valence-electron chi connectivity index (χ3n) is 2.46. The zero-order valence-corrected chi connectivity index (χ0v) is 8.78. The number of fused-ring (bicyclic) bond motifs is 1. The molecule has 2 rings (SSSR count). The van der Waals surface area contributed by atoms with E-state index in [-0.39, 0.29) is 0 Å². The Labute approximate surface area is 83.6 Å². The van der Waals surface area contributed by atoms with E-state index in [0.29, 0.717) is 5.92 Å². The minimum absolute atomic E-state index is 0.439. The van der Waals surface area contributed by atoms with Crippen LogP contribution in [0.3, 0.4) is 0 Å². The van der Waals surface area contributed by atoms with Gasteiger partial charge in [0.2, 0.25) is 0 Å². The highest BCUT2D eigenvalue weighted by atomic mass is 15.0. The molecule has 0 unspecified atom stereocenters. The van der Waals surface area contributed by atoms with Crippen molar-refractivity contribution >= 4 is 11.3 Å². The van der Waals surface area contributed by atoms with Crippen LogP contribution in [0.4, 0.5) is 5.69 Å². The van der Waals surface area contributed by atoms with Gasteiger partial charge in [-0.2, -0.15) is 0 Å². The van der Waals surface area contributed by atoms with Crippen molar-refractivity contribution in [1.29, 1.82) is 0 Å². The summed E-state index contributed by atoms with van der Waals surface area (Å²) >= 11 is 0. The highest BCUT2D eigenvalue weighted by Crippen LogP contribution is 2.19. The molecule has 0 aliphatic heterocycles. The van der Waals surface area contributed by atoms with Crippen LogP contribution >= 0.6 is 0 Å². The van der Waals surface area contributed by atoms with Crippen molar-refractivity contribution < 1.29 is 0 Å². The van der Waals surface area contributed by atoms with Crippen molar-refractivity contribution in [3.8, 4) is 0 Å². The number of rotatable bonds is 1. The van der Waals surface area contributed by atoms with Gasteiger partial charge in [-0.1, -0.05) is 13.8 Å². The Morgan fingerprint density at radius 1 is 1.36 bits per heavy atom. The average molecular weight is 189 g/mol. The average Bonchev–Trinajstić information content (AvgIpc) is 2.57. The first kappa shape index (κ1) is 9.06. The molecule has 0 atom stereocenters. The molecule has 2 heterocycles. The van der Waals surface area contributed by atoms with Gasteiger partial charge in [-0.15, -0.1) is 0 Å². The van der Waals surface area contributed by atoms with Gasteiger partial charge in [-0.05, 0) is 25.0 Å². The predicted octanol–water partition coefficient (Wildman–Crippen LogP) is 2.35. The third-order valence-corrected chi connectivity index (χ3v) is 2.46. The summed E-state index contributed by atoms with van der Waals surface area (Å²) in [6, 6.07) is 3.91. The fourth-order valence-corrected chi connectivity index (χ4v) is 1.51. The van der Waals surface area contributed by atoms with Gasteiger partial charge in [0.25, 0.3) is 0 Å². The SMILES string of the molecule is Cc1ccc(N)c2nc(C(C)C)cn12. The fraction of sp³-hybridized carbons (Fsp3) is 0.364. The molecule has 0 aliphatic rings. The summed E-state index contributed by atoms with van der Waals surface area (Å²) in [7, 11) is 0. The number of imidazole rings is 1. The van der Waals surface area contributed by atoms with E-state index in [1.807, 2.05) is 16.5 Å². The molecule has 2 N–H and O–H groups in total. The van der Waals surface area contributed by atoms with Gasteiger partial charge in [0.15, 0.2) is 5.65 Å². The van der Waals surface area contributed by atoms with Gasteiger partial charge in [-0.25, -0.2) is 4.98 Å². The summed E-state index contributed by atoms with van der Waals surface area (Å²) in [5.41, 5.74) is 9.71. The zero-order chi connectivity index (χ0) is 10.3. The molecule has 14 heavy (non-hydrogen) atoms. The lowest BCUT2D eigenvalue weighted by atomic mass is 10.2. The molecule has 74 valence electrons. The summed E-state index contributed by atoms with van der Waals surface area (Å²) in [4.78, 5) is 4.51. The van der Waals surface area contributed by atoms with E-state index in [0.717, 1.165) is 22.7 Å². The molecule has 0 saturated carbocycles. The number of hydrogen-bond acceptors (Lipinski definition) is 2. The molecule has 0 spiro atoms. The Bertz CT molecular complexity index is 430. The van der Waals surface area contributed by atoms with Gasteiger partial charge < -0.3 is 10.1 Å². The Kier molecular flexibility index (Phi) is 1.95. The molecular formula is C11H15N3. The van der Waals surface area contributed by atoms with Crippen molar-refractivity contribution in [2.45, 2.75) is 26.7 Å². The number of aromatic nitrogens is 2. The molecule has 2 aromatic heterocycles. The van der Waals surface area contributed by atoms with Crippen LogP contribution in [0, 0.1) is 6.92 Å². The van der Waals surface area contributed by atoms with Crippen molar-refractivity contribution in [3.05, 3.63) is 29.7 Å². The summed E-state index contributed by atoms with van der Waals surface area (Å²) in [6.45, 7) is 6.32. The number of anilines is 1. The van der Waals surface area contributed by atoms with E-state index in [1.54, 1.807) is 0 Å². The van der Waals surface area contributed by atoms with Crippen molar-refractivity contribution in [2.75, 3.05) is 5.73 Å². The lowest BCUT2D eigenvalue weighted by Gasteiger charge is -2.00. The van der Waals surface area contributed by atoms with Crippen LogP contribution < -0.4 is 5.73 Å². The van der Waals surface area contributed by atoms with Crippen molar-refractivity contribution in [1.82, 2.24) is 9.38 Å². The molecule has 3 nitrogen and oxygen atoms in total. The minimum atomic E-state index is 0.439. The Hall–Kier alpha value is -1.51. The molecule has 0 fully saturated rings. The van der Waals surface area contributed by atoms with E-state index in [1.165, 1.54) is 0 Å². The lowest BCUT2D eigenvalue weighted by Crippen LogP contribution is -1.94. The third kappa shape index (κ3) is 1.25. The quantitative estimate of drug-likeness (QED) is 0.748. The first-order valence-electron chi connectivity index (χ1n) is 4.83. The van der Waals surface area contributed by atoms with Crippen LogP contribution in [0.5, 0.6) is 0 Å². The Balaban J connectivity index is 2.75. The largest absolute Gasteiger partial charge is 0.396 e. The second kappa shape index (κ2) is 3.01. The highest BCUT2D eigenvalue weighted by molar-refractivity contribution is 5.65. The van der Waals surface area contributed by atoms with Crippen LogP contribution in [0.2, 0.25) is 0 Å². The molecule has 0 aromatic carbocycles. The van der Waals surface area contributed by atoms with Gasteiger partial charge in [0.05, 0.1) is 11.4 Å². The number of aryl methyl sites for hydroxylation is 1. The molecule has 0 radical (unpaired) electrons. The van der Waals surface area contributed by atoms with E-state index >= 15 is 0 Å². The lowest BCUT2D eigenvalue weighted by molar-refractivity contribution is 0.833. The van der Waals surface area contributed by atoms with E-state index in [4.69, 9.17) is 5.73 Å². The number of hydrogen-bond donors (Lipinski definition) is 1. The number of nitrogen functional groups attached to an aromatic ring is 1. The maximum Gasteiger partial charge on any atom is 0.160 e. The maximum absolute atomic E-state index is 5.86. The number of pyridine rings is 1. The smallest absolute Gasteiger partial charge is 0.160 e. The summed E-state index contributed by atoms with van der Waals surface area (Å²) in [5, 5.41) is 0. The molecule has 0 saturated heterocycles. The van der Waals surface area contributed by atoms with Gasteiger partial charge >= 0.3 is 0 Å². The van der Waals surface area contributed by atoms with Gasteiger partial charge in [0.1, 0.15) is 0 Å². The molecular weight excluding hydrogens is 174 g/mol. The summed E-state index contributed by atoms with van der Waals surface area (Å²) < 4.78 is 2.05. The predicted molar refractivity (Wildman–Crippen MR) is 58.4 cm³/mol. The molecule has 2 aromatic rings. The normalized spacial score (nSPS) is 11.4. The van der Waals surface area contributed by atoms with Gasteiger partial charge in [-0.3, -0.25) is 0 Å². The second-order valence-electron chi connectivity index (χ2n) is 3.94. The first-order valence-corrected chi connectivity index (χ1v) is 4.83. The van der Waals surface area contributed by atoms with Crippen molar-refractivity contribution in [3.63, 3.8) is 0 Å². The molecule has 3 heteroatoms. The van der Waals surface area contributed by atoms with E-state index in [2.05, 4.69) is 32.0 Å². The Morgan fingerprint density at radius 2 is 2.07 bits per heavy atom. The topological polar surface area (TPSA) is 43.3 Å². The number of nitrogens with zero attached hydrogens (tertiary/aromatic N) is 2. The number of nitrogens with two attached hydrogens (primary N) is 1. The van der Waals surface area contributed by atoms with Crippen LogP contribution in [-0.2, 0) is 0 Å². The second-order valence-corrected chi connectivity index (χ2v) is 3.94. The van der Waals surface area contributed by atoms with Crippen LogP contribution in [0.15, 0.2) is 18.3 Å². The molecule has 0 bridgehead atoms. The van der Waals surface area contributed by atoms with Crippen LogP contribution in [0.1, 0.15) is 31.2 Å². The highest BCUT2D eigenvalue weighted by Gasteiger charge is 2.08. The summed E-state index contributed by atoms with van der Waals surface area (Å²) in [6.07, 6.45) is 2.06. The molecule has 0 aliphatic carbocycles. The summed E-state index contributed by atoms with van der Waals surface area (Å²) in [5.74, 6) is 0.439. The standard InChI is InChI=1S/C11H15N3/c1-7(2)10-6-14-8(3)4-5-9(12)11(14)13-10/h4-7H,12H2,1-3H3. The first-order chi connectivity index (χ1) is 6.59. The monoisotopic (exact) mass is 189 g/mol. The van der Waals surface area contributed by atoms with Crippen LogP contribution in [0.25, 0.3) is 5.65 Å². The minimum Gasteiger partial charge on any atom is -0.396 e. The zero-order valence-electron chi connectivity index (χ0n) is 8.78. The maximum atomic E-state index is 5.86. The fourth-order valence-electron chi connectivity index (χ4n) is 1.51. The van der Waals surface area contributed by atoms with Crippen molar-refractivity contribution in [2.24, 2.45) is 0 Å². The van der Waals surface area contributed by atoms with E-state index in [9.17, 15) is 0 Å². The molecule has 0 amide bonds.